The number of fused-ring (bicyclic) bond motifs is 2. The van der Waals surface area contributed by atoms with E-state index in [1.165, 1.54) is 30.5 Å². The number of hydrogen-bond donors (Lipinski definition) is 3. The fraction of sp³-hybridized carbons (Fsp3) is 0.389. The third kappa shape index (κ3) is 3.72. The average molecular weight is 394 g/mol. The Labute approximate surface area is 157 Å². The number of oxazole rings is 1. The summed E-state index contributed by atoms with van der Waals surface area (Å²) in [4.78, 5) is 27.3. The molecule has 0 radical (unpaired) electrons. The summed E-state index contributed by atoms with van der Waals surface area (Å²) in [6, 6.07) is 6.11. The van der Waals surface area contributed by atoms with Crippen molar-refractivity contribution >= 4 is 17.5 Å². The molecule has 1 saturated carbocycles. The number of nitrogens with one attached hydrogen (secondary N) is 3. The number of halogens is 3. The van der Waals surface area contributed by atoms with Crippen molar-refractivity contribution in [2.24, 2.45) is 5.92 Å². The minimum atomic E-state index is -4.96. The van der Waals surface area contributed by atoms with E-state index in [0.29, 0.717) is 23.3 Å². The minimum Gasteiger partial charge on any atom is -0.432 e. The molecule has 1 aromatic carbocycles. The molecule has 3 unspecified atom stereocenters. The maximum Gasteiger partial charge on any atom is 0.471 e. The van der Waals surface area contributed by atoms with Crippen molar-refractivity contribution in [2.75, 3.05) is 11.9 Å². The summed E-state index contributed by atoms with van der Waals surface area (Å²) < 4.78 is 42.3. The normalized spacial score (nSPS) is 23.6. The zero-order valence-corrected chi connectivity index (χ0v) is 14.5. The first kappa shape index (κ1) is 18.5. The van der Waals surface area contributed by atoms with Gasteiger partial charge in [-0.1, -0.05) is 0 Å². The van der Waals surface area contributed by atoms with Gasteiger partial charge >= 0.3 is 18.0 Å². The molecule has 3 N–H and O–H groups in total. The Kier molecular flexibility index (Phi) is 4.58. The maximum atomic E-state index is 12.3. The number of benzene rings is 1. The molecule has 2 aliphatic rings. The van der Waals surface area contributed by atoms with Crippen LogP contribution in [0, 0.1) is 5.92 Å². The van der Waals surface area contributed by atoms with E-state index in [0.717, 1.165) is 19.4 Å². The third-order valence-electron chi connectivity index (χ3n) is 5.06. The quantitative estimate of drug-likeness (QED) is 0.740. The highest BCUT2D eigenvalue weighted by atomic mass is 19.4. The molecule has 2 fully saturated rings. The van der Waals surface area contributed by atoms with Crippen molar-refractivity contribution in [3.05, 3.63) is 36.4 Å². The Bertz CT molecular complexity index is 894. The molecule has 28 heavy (non-hydrogen) atoms. The second-order valence-electron chi connectivity index (χ2n) is 6.98. The highest BCUT2D eigenvalue weighted by Gasteiger charge is 2.40. The Balaban J connectivity index is 1.39. The van der Waals surface area contributed by atoms with Crippen LogP contribution in [0.4, 0.5) is 18.9 Å². The fourth-order valence-corrected chi connectivity index (χ4v) is 3.67. The number of hydrogen-bond acceptors (Lipinski definition) is 5. The van der Waals surface area contributed by atoms with Crippen molar-refractivity contribution in [1.82, 2.24) is 15.6 Å². The lowest BCUT2D eigenvalue weighted by Crippen LogP contribution is -2.44. The van der Waals surface area contributed by atoms with Gasteiger partial charge in [-0.05, 0) is 43.0 Å². The van der Waals surface area contributed by atoms with E-state index in [4.69, 9.17) is 4.42 Å². The van der Waals surface area contributed by atoms with Crippen LogP contribution >= 0.6 is 0 Å². The molecule has 2 heterocycles. The van der Waals surface area contributed by atoms with Crippen molar-refractivity contribution in [2.45, 2.75) is 31.1 Å². The first-order valence-corrected chi connectivity index (χ1v) is 8.78. The minimum absolute atomic E-state index is 0.00606. The van der Waals surface area contributed by atoms with Crippen molar-refractivity contribution in [3.63, 3.8) is 0 Å². The van der Waals surface area contributed by atoms with Crippen LogP contribution in [-0.2, 0) is 4.79 Å². The molecule has 4 rings (SSSR count). The highest BCUT2D eigenvalue weighted by Crippen LogP contribution is 2.31. The number of alkyl halides is 3. The molecule has 2 aromatic rings. The number of piperidine rings is 1. The highest BCUT2D eigenvalue weighted by molar-refractivity contribution is 5.95. The number of amides is 2. The predicted octanol–water partition coefficient (Wildman–Crippen LogP) is 2.32. The van der Waals surface area contributed by atoms with Gasteiger partial charge in [0.15, 0.2) is 5.76 Å². The number of rotatable bonds is 4. The molecule has 1 saturated heterocycles. The fourth-order valence-electron chi connectivity index (χ4n) is 3.67. The van der Waals surface area contributed by atoms with Gasteiger partial charge in [0.2, 0.25) is 0 Å². The maximum absolute atomic E-state index is 12.3. The van der Waals surface area contributed by atoms with Gasteiger partial charge in [0.1, 0.15) is 0 Å². The Morgan fingerprint density at radius 1 is 1.18 bits per heavy atom. The van der Waals surface area contributed by atoms with Crippen LogP contribution in [0.2, 0.25) is 0 Å². The van der Waals surface area contributed by atoms with Gasteiger partial charge in [0.05, 0.1) is 6.20 Å². The number of nitrogens with zero attached hydrogens (tertiary/aromatic N) is 1. The molecule has 2 amide bonds. The van der Waals surface area contributed by atoms with Gasteiger partial charge in [0.25, 0.3) is 5.89 Å². The first-order valence-electron chi connectivity index (χ1n) is 8.78. The van der Waals surface area contributed by atoms with Gasteiger partial charge in [-0.3, -0.25) is 9.59 Å². The van der Waals surface area contributed by atoms with Crippen LogP contribution < -0.4 is 16.0 Å². The summed E-state index contributed by atoms with van der Waals surface area (Å²) in [6.45, 7) is 0.893. The van der Waals surface area contributed by atoms with Crippen molar-refractivity contribution in [1.29, 1.82) is 0 Å². The van der Waals surface area contributed by atoms with E-state index in [1.807, 2.05) is 0 Å². The van der Waals surface area contributed by atoms with Crippen LogP contribution in [0.5, 0.6) is 0 Å². The zero-order valence-electron chi connectivity index (χ0n) is 14.5. The van der Waals surface area contributed by atoms with E-state index >= 15 is 0 Å². The van der Waals surface area contributed by atoms with Crippen molar-refractivity contribution < 1.29 is 27.2 Å². The molecule has 2 bridgehead atoms. The van der Waals surface area contributed by atoms with E-state index in [9.17, 15) is 22.8 Å². The largest absolute Gasteiger partial charge is 0.471 e. The van der Waals surface area contributed by atoms with Crippen LogP contribution in [0.15, 0.2) is 34.9 Å². The monoisotopic (exact) mass is 394 g/mol. The van der Waals surface area contributed by atoms with Crippen LogP contribution in [0.1, 0.15) is 23.5 Å². The molecule has 10 heteroatoms. The van der Waals surface area contributed by atoms with Gasteiger partial charge in [0, 0.05) is 29.9 Å². The lowest BCUT2D eigenvalue weighted by Gasteiger charge is -2.22. The molecule has 7 nitrogen and oxygen atoms in total. The number of carbonyl (C=O) groups excluding carboxylic acids is 2. The molecule has 1 aromatic heterocycles. The molecule has 3 atom stereocenters. The molecular weight excluding hydrogens is 377 g/mol. The molecule has 148 valence electrons. The van der Waals surface area contributed by atoms with Crippen LogP contribution in [-0.4, -0.2) is 41.6 Å². The molecule has 1 aliphatic heterocycles. The smallest absolute Gasteiger partial charge is 0.432 e. The summed E-state index contributed by atoms with van der Waals surface area (Å²) in [6.07, 6.45) is -1.64. The van der Waals surface area contributed by atoms with Crippen LogP contribution in [0.3, 0.4) is 0 Å². The van der Waals surface area contributed by atoms with E-state index < -0.39 is 18.0 Å². The summed E-state index contributed by atoms with van der Waals surface area (Å²) in [7, 11) is 0. The van der Waals surface area contributed by atoms with Gasteiger partial charge in [-0.2, -0.15) is 13.2 Å². The van der Waals surface area contributed by atoms with E-state index in [-0.39, 0.29) is 17.6 Å². The van der Waals surface area contributed by atoms with E-state index in [2.05, 4.69) is 15.6 Å². The van der Waals surface area contributed by atoms with E-state index in [1.54, 1.807) is 5.32 Å². The predicted molar refractivity (Wildman–Crippen MR) is 92.4 cm³/mol. The summed E-state index contributed by atoms with van der Waals surface area (Å²) in [5, 5.41) is 8.08. The average Bonchev–Trinajstić information content (AvgIpc) is 3.38. The SMILES string of the molecule is O=C(NC1CC2CC1CN2)c1ncc(-c2ccc(NC(=O)C(F)(F)F)cc2)o1. The molecule has 1 aliphatic carbocycles. The summed E-state index contributed by atoms with van der Waals surface area (Å²) in [5.41, 5.74) is 0.508. The number of aromatic nitrogens is 1. The van der Waals surface area contributed by atoms with Gasteiger partial charge in [-0.25, -0.2) is 4.98 Å². The standard InChI is InChI=1S/C18H17F3N4O3/c19-18(20,21)17(27)24-11-3-1-9(2-4-11)14-8-23-16(28-14)15(26)25-13-6-12-5-10(13)7-22-12/h1-4,8,10,12-13,22H,5-7H2,(H,24,27)(H,25,26). The Morgan fingerprint density at radius 3 is 2.54 bits per heavy atom. The molecule has 0 spiro atoms. The summed E-state index contributed by atoms with van der Waals surface area (Å²) >= 11 is 0. The number of anilines is 1. The topological polar surface area (TPSA) is 96.3 Å². The van der Waals surface area contributed by atoms with Gasteiger partial charge in [-0.15, -0.1) is 0 Å². The second kappa shape index (κ2) is 6.93. The van der Waals surface area contributed by atoms with Crippen molar-refractivity contribution in [3.8, 4) is 11.3 Å². The Morgan fingerprint density at radius 2 is 1.93 bits per heavy atom. The third-order valence-corrected chi connectivity index (χ3v) is 5.06. The molecular formula is C18H17F3N4O3. The zero-order chi connectivity index (χ0) is 19.9. The number of carbonyl (C=O) groups is 2. The lowest BCUT2D eigenvalue weighted by atomic mass is 10.0. The Hall–Kier alpha value is -2.88. The lowest BCUT2D eigenvalue weighted by molar-refractivity contribution is -0.167. The second-order valence-corrected chi connectivity index (χ2v) is 6.98. The summed E-state index contributed by atoms with van der Waals surface area (Å²) in [5.74, 6) is -1.79. The van der Waals surface area contributed by atoms with Crippen LogP contribution in [0.25, 0.3) is 11.3 Å². The first-order chi connectivity index (χ1) is 13.3. The van der Waals surface area contributed by atoms with Gasteiger partial charge < -0.3 is 20.4 Å².